The number of ether oxygens (including phenoxy) is 1. The van der Waals surface area contributed by atoms with Crippen molar-refractivity contribution in [3.8, 4) is 0 Å². The van der Waals surface area contributed by atoms with Gasteiger partial charge in [-0.3, -0.25) is 9.69 Å². The number of carbonyl (C=O) groups is 1. The van der Waals surface area contributed by atoms with Gasteiger partial charge in [-0.15, -0.1) is 0 Å². The maximum atomic E-state index is 12.9. The predicted octanol–water partition coefficient (Wildman–Crippen LogP) is 4.86. The topological polar surface area (TPSA) is 29.5 Å². The molecule has 1 atom stereocenters. The number of hydrogen-bond donors (Lipinski definition) is 0. The molecule has 0 aromatic heterocycles. The quantitative estimate of drug-likeness (QED) is 0.502. The summed E-state index contributed by atoms with van der Waals surface area (Å²) in [5.41, 5.74) is 3.49. The predicted molar refractivity (Wildman–Crippen MR) is 113 cm³/mol. The van der Waals surface area contributed by atoms with E-state index in [0.29, 0.717) is 26.1 Å². The first-order chi connectivity index (χ1) is 13.8. The second-order valence-electron chi connectivity index (χ2n) is 6.83. The average molecular weight is 373 g/mol. The lowest BCUT2D eigenvalue weighted by Gasteiger charge is -2.30. The smallest absolute Gasteiger partial charge is 0.323 e. The van der Waals surface area contributed by atoms with Crippen LogP contribution in [0.4, 0.5) is 0 Å². The molecule has 0 saturated heterocycles. The number of hydrogen-bond acceptors (Lipinski definition) is 3. The third-order valence-electron chi connectivity index (χ3n) is 4.73. The van der Waals surface area contributed by atoms with Gasteiger partial charge in [-0.05, 0) is 30.0 Å². The van der Waals surface area contributed by atoms with Crippen molar-refractivity contribution in [2.45, 2.75) is 32.5 Å². The Morgan fingerprint density at radius 1 is 0.750 bits per heavy atom. The van der Waals surface area contributed by atoms with Gasteiger partial charge >= 0.3 is 5.97 Å². The van der Waals surface area contributed by atoms with Crippen LogP contribution in [0.1, 0.15) is 23.6 Å². The summed E-state index contributed by atoms with van der Waals surface area (Å²) in [5.74, 6) is -0.168. The monoisotopic (exact) mass is 373 g/mol. The van der Waals surface area contributed by atoms with Crippen molar-refractivity contribution in [2.75, 3.05) is 6.61 Å². The zero-order valence-electron chi connectivity index (χ0n) is 16.3. The minimum absolute atomic E-state index is 0.168. The van der Waals surface area contributed by atoms with Gasteiger partial charge in [-0.25, -0.2) is 0 Å². The SMILES string of the molecule is CCOC(=O)C(Cc1ccccc1)N(Cc1ccccc1)Cc1ccccc1. The standard InChI is InChI=1S/C25H27NO2/c1-2-28-25(27)24(18-21-12-6-3-7-13-21)26(19-22-14-8-4-9-15-22)20-23-16-10-5-11-17-23/h3-17,24H,2,18-20H2,1H3. The summed E-state index contributed by atoms with van der Waals surface area (Å²) in [6.45, 7) is 3.61. The second-order valence-corrected chi connectivity index (χ2v) is 6.83. The maximum absolute atomic E-state index is 12.9. The summed E-state index contributed by atoms with van der Waals surface area (Å²) >= 11 is 0. The van der Waals surface area contributed by atoms with Crippen LogP contribution in [0.3, 0.4) is 0 Å². The first-order valence-corrected chi connectivity index (χ1v) is 9.78. The Balaban J connectivity index is 1.90. The maximum Gasteiger partial charge on any atom is 0.323 e. The fraction of sp³-hybridized carbons (Fsp3) is 0.240. The van der Waals surface area contributed by atoms with Crippen molar-refractivity contribution in [1.29, 1.82) is 0 Å². The second kappa shape index (κ2) is 10.4. The lowest BCUT2D eigenvalue weighted by Crippen LogP contribution is -2.43. The normalized spacial score (nSPS) is 11.9. The number of carbonyl (C=O) groups excluding carboxylic acids is 1. The van der Waals surface area contributed by atoms with Crippen molar-refractivity contribution in [1.82, 2.24) is 4.90 Å². The van der Waals surface area contributed by atoms with Crippen molar-refractivity contribution < 1.29 is 9.53 Å². The van der Waals surface area contributed by atoms with Crippen LogP contribution in [-0.4, -0.2) is 23.5 Å². The van der Waals surface area contributed by atoms with Crippen LogP contribution in [0.15, 0.2) is 91.0 Å². The summed E-state index contributed by atoms with van der Waals surface area (Å²) in [7, 11) is 0. The van der Waals surface area contributed by atoms with E-state index >= 15 is 0 Å². The van der Waals surface area contributed by atoms with Crippen LogP contribution in [0, 0.1) is 0 Å². The summed E-state index contributed by atoms with van der Waals surface area (Å²) in [4.78, 5) is 15.1. The van der Waals surface area contributed by atoms with Gasteiger partial charge in [0.15, 0.2) is 0 Å². The third kappa shape index (κ3) is 5.80. The largest absolute Gasteiger partial charge is 0.465 e. The van der Waals surface area contributed by atoms with Gasteiger partial charge in [0.1, 0.15) is 6.04 Å². The number of esters is 1. The molecule has 0 heterocycles. The highest BCUT2D eigenvalue weighted by molar-refractivity contribution is 5.76. The highest BCUT2D eigenvalue weighted by Gasteiger charge is 2.28. The average Bonchev–Trinajstić information content (AvgIpc) is 2.74. The highest BCUT2D eigenvalue weighted by Crippen LogP contribution is 2.18. The molecule has 0 spiro atoms. The highest BCUT2D eigenvalue weighted by atomic mass is 16.5. The number of rotatable bonds is 9. The van der Waals surface area contributed by atoms with Gasteiger partial charge < -0.3 is 4.74 Å². The van der Waals surface area contributed by atoms with Crippen LogP contribution in [0.5, 0.6) is 0 Å². The molecule has 0 bridgehead atoms. The lowest BCUT2D eigenvalue weighted by atomic mass is 10.0. The van der Waals surface area contributed by atoms with Crippen molar-refractivity contribution >= 4 is 5.97 Å². The first-order valence-electron chi connectivity index (χ1n) is 9.78. The van der Waals surface area contributed by atoms with Gasteiger partial charge in [0.2, 0.25) is 0 Å². The molecule has 0 saturated carbocycles. The molecule has 0 N–H and O–H groups in total. The molecule has 3 rings (SSSR count). The van der Waals surface area contributed by atoms with Crippen molar-refractivity contribution in [3.63, 3.8) is 0 Å². The Morgan fingerprint density at radius 3 is 1.61 bits per heavy atom. The number of nitrogens with zero attached hydrogens (tertiary/aromatic N) is 1. The minimum atomic E-state index is -0.345. The molecule has 0 amide bonds. The molecular weight excluding hydrogens is 346 g/mol. The van der Waals surface area contributed by atoms with Crippen LogP contribution in [-0.2, 0) is 29.0 Å². The molecule has 3 heteroatoms. The van der Waals surface area contributed by atoms with E-state index < -0.39 is 0 Å². The number of benzene rings is 3. The van der Waals surface area contributed by atoms with Gasteiger partial charge in [0.05, 0.1) is 6.61 Å². The fourth-order valence-corrected chi connectivity index (χ4v) is 3.35. The minimum Gasteiger partial charge on any atom is -0.465 e. The molecule has 0 aliphatic rings. The van der Waals surface area contributed by atoms with Crippen LogP contribution < -0.4 is 0 Å². The molecule has 28 heavy (non-hydrogen) atoms. The molecule has 0 radical (unpaired) electrons. The Hall–Kier alpha value is -2.91. The van der Waals surface area contributed by atoms with E-state index in [4.69, 9.17) is 4.74 Å². The van der Waals surface area contributed by atoms with E-state index in [0.717, 1.165) is 5.56 Å². The van der Waals surface area contributed by atoms with Crippen molar-refractivity contribution in [3.05, 3.63) is 108 Å². The van der Waals surface area contributed by atoms with Gasteiger partial charge in [-0.2, -0.15) is 0 Å². The summed E-state index contributed by atoms with van der Waals surface area (Å²) < 4.78 is 5.45. The Morgan fingerprint density at radius 2 is 1.18 bits per heavy atom. The van der Waals surface area contributed by atoms with E-state index in [9.17, 15) is 4.79 Å². The molecule has 3 nitrogen and oxygen atoms in total. The molecule has 0 aliphatic heterocycles. The Labute approximate surface area is 167 Å². The third-order valence-corrected chi connectivity index (χ3v) is 4.73. The molecule has 3 aromatic carbocycles. The Kier molecular flexibility index (Phi) is 7.39. The zero-order chi connectivity index (χ0) is 19.6. The lowest BCUT2D eigenvalue weighted by molar-refractivity contribution is -0.150. The summed E-state index contributed by atoms with van der Waals surface area (Å²) in [6.07, 6.45) is 0.624. The van der Waals surface area contributed by atoms with E-state index in [1.54, 1.807) is 0 Å². The van der Waals surface area contributed by atoms with Gasteiger partial charge in [-0.1, -0.05) is 91.0 Å². The summed E-state index contributed by atoms with van der Waals surface area (Å²) in [6, 6.07) is 30.4. The van der Waals surface area contributed by atoms with E-state index in [1.807, 2.05) is 61.5 Å². The molecule has 3 aromatic rings. The first kappa shape index (κ1) is 19.8. The Bertz CT molecular complexity index is 793. The van der Waals surface area contributed by atoms with Crippen LogP contribution in [0.2, 0.25) is 0 Å². The molecule has 0 fully saturated rings. The van der Waals surface area contributed by atoms with Crippen molar-refractivity contribution in [2.24, 2.45) is 0 Å². The van der Waals surface area contributed by atoms with E-state index in [1.165, 1.54) is 11.1 Å². The molecule has 0 aliphatic carbocycles. The van der Waals surface area contributed by atoms with Gasteiger partial charge in [0, 0.05) is 13.1 Å². The molecule has 144 valence electrons. The molecule has 1 unspecified atom stereocenters. The molecular formula is C25H27NO2. The van der Waals surface area contributed by atoms with Gasteiger partial charge in [0.25, 0.3) is 0 Å². The fourth-order valence-electron chi connectivity index (χ4n) is 3.35. The van der Waals surface area contributed by atoms with E-state index in [-0.39, 0.29) is 12.0 Å². The van der Waals surface area contributed by atoms with Crippen LogP contribution >= 0.6 is 0 Å². The zero-order valence-corrected chi connectivity index (χ0v) is 16.3. The van der Waals surface area contributed by atoms with E-state index in [2.05, 4.69) is 41.3 Å². The summed E-state index contributed by atoms with van der Waals surface area (Å²) in [5, 5.41) is 0. The van der Waals surface area contributed by atoms with Crippen LogP contribution in [0.25, 0.3) is 0 Å².